The number of rotatable bonds is 3. The first-order valence-electron chi connectivity index (χ1n) is 4.62. The molecule has 78 valence electrons. The molecule has 0 aliphatic rings. The Morgan fingerprint density at radius 3 is 2.86 bits per heavy atom. The summed E-state index contributed by atoms with van der Waals surface area (Å²) in [4.78, 5) is 6.08. The van der Waals surface area contributed by atoms with Crippen molar-refractivity contribution in [3.63, 3.8) is 0 Å². The van der Waals surface area contributed by atoms with Crippen molar-refractivity contribution in [1.29, 1.82) is 0 Å². The van der Waals surface area contributed by atoms with Gasteiger partial charge in [0.25, 0.3) is 0 Å². The molecule has 0 amide bonds. The van der Waals surface area contributed by atoms with Crippen LogP contribution in [-0.4, -0.2) is 29.8 Å². The van der Waals surface area contributed by atoms with Gasteiger partial charge in [0.1, 0.15) is 0 Å². The highest BCUT2D eigenvalue weighted by molar-refractivity contribution is 5.66. The molecule has 0 spiro atoms. The van der Waals surface area contributed by atoms with Crippen molar-refractivity contribution in [3.8, 4) is 0 Å². The Morgan fingerprint density at radius 2 is 2.29 bits per heavy atom. The molecular formula is C10H17N3O. The standard InChI is InChI=1S/C10H17N3O/c1-7-4-5-12-10(9(7)11)13(3)8(2)6-14/h4-5,8,14H,6,11H2,1-3H3. The smallest absolute Gasteiger partial charge is 0.152 e. The van der Waals surface area contributed by atoms with Gasteiger partial charge in [0.15, 0.2) is 5.82 Å². The van der Waals surface area contributed by atoms with Crippen LogP contribution in [0.4, 0.5) is 11.5 Å². The van der Waals surface area contributed by atoms with Crippen molar-refractivity contribution in [2.45, 2.75) is 19.9 Å². The fourth-order valence-electron chi connectivity index (χ4n) is 1.17. The molecule has 1 aromatic rings. The first-order chi connectivity index (χ1) is 6.57. The van der Waals surface area contributed by atoms with Crippen LogP contribution in [0.25, 0.3) is 0 Å². The number of aryl methyl sites for hydroxylation is 1. The predicted octanol–water partition coefficient (Wildman–Crippen LogP) is 0.789. The molecule has 4 nitrogen and oxygen atoms in total. The molecule has 0 aliphatic heterocycles. The Balaban J connectivity index is 3.01. The van der Waals surface area contributed by atoms with Crippen LogP contribution in [0.3, 0.4) is 0 Å². The summed E-state index contributed by atoms with van der Waals surface area (Å²) in [5, 5.41) is 9.02. The average molecular weight is 195 g/mol. The summed E-state index contributed by atoms with van der Waals surface area (Å²) >= 11 is 0. The van der Waals surface area contributed by atoms with E-state index >= 15 is 0 Å². The number of nitrogens with two attached hydrogens (primary N) is 1. The molecule has 0 aliphatic carbocycles. The number of hydrogen-bond donors (Lipinski definition) is 2. The zero-order valence-corrected chi connectivity index (χ0v) is 8.86. The molecular weight excluding hydrogens is 178 g/mol. The fraction of sp³-hybridized carbons (Fsp3) is 0.500. The van der Waals surface area contributed by atoms with E-state index in [1.54, 1.807) is 6.20 Å². The zero-order chi connectivity index (χ0) is 10.7. The highest BCUT2D eigenvalue weighted by Gasteiger charge is 2.13. The number of aromatic nitrogens is 1. The second-order valence-electron chi connectivity index (χ2n) is 3.51. The molecule has 3 N–H and O–H groups in total. The van der Waals surface area contributed by atoms with E-state index in [1.165, 1.54) is 0 Å². The van der Waals surface area contributed by atoms with E-state index in [4.69, 9.17) is 10.8 Å². The maximum atomic E-state index is 9.02. The third-order valence-corrected chi connectivity index (χ3v) is 2.45. The molecule has 0 saturated heterocycles. The SMILES string of the molecule is Cc1ccnc(N(C)C(C)CO)c1N. The lowest BCUT2D eigenvalue weighted by molar-refractivity contribution is 0.270. The Hall–Kier alpha value is -1.29. The number of aliphatic hydroxyl groups is 1. The van der Waals surface area contributed by atoms with Crippen LogP contribution in [0, 0.1) is 6.92 Å². The Labute approximate surface area is 84.4 Å². The van der Waals surface area contributed by atoms with Gasteiger partial charge in [-0.15, -0.1) is 0 Å². The van der Waals surface area contributed by atoms with E-state index < -0.39 is 0 Å². The van der Waals surface area contributed by atoms with E-state index in [0.717, 1.165) is 11.4 Å². The van der Waals surface area contributed by atoms with Gasteiger partial charge in [-0.2, -0.15) is 0 Å². The summed E-state index contributed by atoms with van der Waals surface area (Å²) in [5.41, 5.74) is 7.57. The summed E-state index contributed by atoms with van der Waals surface area (Å²) in [5.74, 6) is 0.728. The molecule has 1 rings (SSSR count). The van der Waals surface area contributed by atoms with Crippen molar-refractivity contribution >= 4 is 11.5 Å². The zero-order valence-electron chi connectivity index (χ0n) is 8.86. The summed E-state index contributed by atoms with van der Waals surface area (Å²) in [6, 6.07) is 1.89. The van der Waals surface area contributed by atoms with Crippen LogP contribution in [0.15, 0.2) is 12.3 Å². The van der Waals surface area contributed by atoms with Crippen LogP contribution in [0.5, 0.6) is 0 Å². The molecule has 0 aromatic carbocycles. The van der Waals surface area contributed by atoms with Gasteiger partial charge in [-0.05, 0) is 25.5 Å². The molecule has 0 radical (unpaired) electrons. The topological polar surface area (TPSA) is 62.4 Å². The van der Waals surface area contributed by atoms with E-state index in [9.17, 15) is 0 Å². The quantitative estimate of drug-likeness (QED) is 0.748. The molecule has 1 atom stereocenters. The van der Waals surface area contributed by atoms with Gasteiger partial charge < -0.3 is 15.7 Å². The van der Waals surface area contributed by atoms with Crippen LogP contribution in [0.1, 0.15) is 12.5 Å². The number of nitrogen functional groups attached to an aromatic ring is 1. The van der Waals surface area contributed by atoms with E-state index in [-0.39, 0.29) is 12.6 Å². The van der Waals surface area contributed by atoms with Gasteiger partial charge in [0.05, 0.1) is 18.3 Å². The number of anilines is 2. The molecule has 1 unspecified atom stereocenters. The summed E-state index contributed by atoms with van der Waals surface area (Å²) in [7, 11) is 1.87. The van der Waals surface area contributed by atoms with Crippen molar-refractivity contribution < 1.29 is 5.11 Å². The maximum Gasteiger partial charge on any atom is 0.152 e. The third-order valence-electron chi connectivity index (χ3n) is 2.45. The molecule has 0 saturated carbocycles. The first-order valence-corrected chi connectivity index (χ1v) is 4.62. The minimum atomic E-state index is 0.0200. The second kappa shape index (κ2) is 4.28. The molecule has 0 bridgehead atoms. The third kappa shape index (κ3) is 1.96. The highest BCUT2D eigenvalue weighted by Crippen LogP contribution is 2.23. The molecule has 1 aromatic heterocycles. The fourth-order valence-corrected chi connectivity index (χ4v) is 1.17. The number of likely N-dealkylation sites (N-methyl/N-ethyl adjacent to an activating group) is 1. The lowest BCUT2D eigenvalue weighted by Gasteiger charge is -2.25. The van der Waals surface area contributed by atoms with E-state index in [1.807, 2.05) is 31.9 Å². The van der Waals surface area contributed by atoms with Crippen molar-refractivity contribution in [2.24, 2.45) is 0 Å². The lowest BCUT2D eigenvalue weighted by atomic mass is 10.2. The van der Waals surface area contributed by atoms with Gasteiger partial charge in [0, 0.05) is 13.2 Å². The molecule has 14 heavy (non-hydrogen) atoms. The van der Waals surface area contributed by atoms with Crippen molar-refractivity contribution in [3.05, 3.63) is 17.8 Å². The van der Waals surface area contributed by atoms with E-state index in [0.29, 0.717) is 5.69 Å². The van der Waals surface area contributed by atoms with Crippen LogP contribution in [-0.2, 0) is 0 Å². The number of aliphatic hydroxyl groups excluding tert-OH is 1. The van der Waals surface area contributed by atoms with E-state index in [2.05, 4.69) is 4.98 Å². The van der Waals surface area contributed by atoms with Gasteiger partial charge in [-0.1, -0.05) is 0 Å². The largest absolute Gasteiger partial charge is 0.396 e. The van der Waals surface area contributed by atoms with Crippen LogP contribution < -0.4 is 10.6 Å². The lowest BCUT2D eigenvalue weighted by Crippen LogP contribution is -2.33. The highest BCUT2D eigenvalue weighted by atomic mass is 16.3. The Morgan fingerprint density at radius 1 is 1.64 bits per heavy atom. The van der Waals surface area contributed by atoms with Gasteiger partial charge in [0.2, 0.25) is 0 Å². The monoisotopic (exact) mass is 195 g/mol. The Kier molecular flexibility index (Phi) is 3.30. The van der Waals surface area contributed by atoms with Gasteiger partial charge in [-0.25, -0.2) is 4.98 Å². The minimum absolute atomic E-state index is 0.0200. The number of pyridine rings is 1. The maximum absolute atomic E-state index is 9.02. The number of nitrogens with zero attached hydrogens (tertiary/aromatic N) is 2. The molecule has 0 fully saturated rings. The van der Waals surface area contributed by atoms with Crippen molar-refractivity contribution in [2.75, 3.05) is 24.3 Å². The predicted molar refractivity (Wildman–Crippen MR) is 58.3 cm³/mol. The Bertz CT molecular complexity index is 314. The average Bonchev–Trinajstić information content (AvgIpc) is 2.20. The summed E-state index contributed by atoms with van der Waals surface area (Å²) < 4.78 is 0. The normalized spacial score (nSPS) is 12.6. The van der Waals surface area contributed by atoms with Crippen molar-refractivity contribution in [1.82, 2.24) is 4.98 Å². The first kappa shape index (κ1) is 10.8. The summed E-state index contributed by atoms with van der Waals surface area (Å²) in [6.07, 6.45) is 1.72. The van der Waals surface area contributed by atoms with Gasteiger partial charge in [-0.3, -0.25) is 0 Å². The van der Waals surface area contributed by atoms with Crippen LogP contribution in [0.2, 0.25) is 0 Å². The van der Waals surface area contributed by atoms with Crippen LogP contribution >= 0.6 is 0 Å². The summed E-state index contributed by atoms with van der Waals surface area (Å²) in [6.45, 7) is 3.95. The second-order valence-corrected chi connectivity index (χ2v) is 3.51. The minimum Gasteiger partial charge on any atom is -0.396 e. The molecule has 1 heterocycles. The number of hydrogen-bond acceptors (Lipinski definition) is 4. The van der Waals surface area contributed by atoms with Gasteiger partial charge >= 0.3 is 0 Å². The molecule has 4 heteroatoms.